The molecular weight excluding hydrogens is 262 g/mol. The average molecular weight is 287 g/mol. The quantitative estimate of drug-likeness (QED) is 0.599. The molecule has 0 aliphatic carbocycles. The average Bonchev–Trinajstić information content (AvgIpc) is 2.45. The number of nitrogens with zero attached hydrogens (tertiary/aromatic N) is 1. The van der Waals surface area contributed by atoms with E-state index in [2.05, 4.69) is 9.47 Å². The molecular formula is C14H25NO5. The van der Waals surface area contributed by atoms with Crippen LogP contribution in [0.5, 0.6) is 0 Å². The van der Waals surface area contributed by atoms with Crippen molar-refractivity contribution in [2.24, 2.45) is 5.92 Å². The van der Waals surface area contributed by atoms with Gasteiger partial charge in [-0.1, -0.05) is 26.7 Å². The van der Waals surface area contributed by atoms with Gasteiger partial charge in [0.1, 0.15) is 13.1 Å². The van der Waals surface area contributed by atoms with Crippen molar-refractivity contribution in [1.82, 2.24) is 4.90 Å². The highest BCUT2D eigenvalue weighted by Crippen LogP contribution is 2.17. The van der Waals surface area contributed by atoms with Crippen molar-refractivity contribution in [2.45, 2.75) is 39.5 Å². The third kappa shape index (κ3) is 6.54. The second kappa shape index (κ2) is 10.2. The zero-order chi connectivity index (χ0) is 15.5. The van der Waals surface area contributed by atoms with Crippen LogP contribution in [0.4, 0.5) is 0 Å². The lowest BCUT2D eigenvalue weighted by molar-refractivity contribution is -0.153. The molecule has 0 saturated heterocycles. The molecule has 20 heavy (non-hydrogen) atoms. The molecule has 0 atom stereocenters. The largest absolute Gasteiger partial charge is 0.468 e. The van der Waals surface area contributed by atoms with Gasteiger partial charge in [0.2, 0.25) is 5.91 Å². The van der Waals surface area contributed by atoms with Crippen LogP contribution in [-0.2, 0) is 23.9 Å². The van der Waals surface area contributed by atoms with E-state index in [1.54, 1.807) is 0 Å². The first-order valence-corrected chi connectivity index (χ1v) is 6.92. The first-order valence-electron chi connectivity index (χ1n) is 6.92. The summed E-state index contributed by atoms with van der Waals surface area (Å²) in [5.74, 6) is -1.45. The maximum atomic E-state index is 12.4. The van der Waals surface area contributed by atoms with E-state index in [0.717, 1.165) is 25.7 Å². The molecule has 0 aromatic rings. The van der Waals surface area contributed by atoms with Gasteiger partial charge < -0.3 is 14.4 Å². The molecule has 1 amide bonds. The molecule has 6 heteroatoms. The summed E-state index contributed by atoms with van der Waals surface area (Å²) in [6, 6.07) is 0. The highest BCUT2D eigenvalue weighted by atomic mass is 16.5. The Morgan fingerprint density at radius 1 is 0.900 bits per heavy atom. The van der Waals surface area contributed by atoms with E-state index in [1.807, 2.05) is 13.8 Å². The number of hydrogen-bond donors (Lipinski definition) is 0. The summed E-state index contributed by atoms with van der Waals surface area (Å²) in [5.41, 5.74) is 0. The summed E-state index contributed by atoms with van der Waals surface area (Å²) >= 11 is 0. The van der Waals surface area contributed by atoms with E-state index in [4.69, 9.17) is 0 Å². The standard InChI is InChI=1S/C14H25NO5/c1-5-7-11(8-6-2)14(18)15(9-12(16)19-3)10-13(17)20-4/h11H,5-10H2,1-4H3. The van der Waals surface area contributed by atoms with Gasteiger partial charge in [-0.05, 0) is 12.8 Å². The van der Waals surface area contributed by atoms with Gasteiger partial charge >= 0.3 is 11.9 Å². The monoisotopic (exact) mass is 287 g/mol. The summed E-state index contributed by atoms with van der Waals surface area (Å²) in [4.78, 5) is 36.4. The minimum Gasteiger partial charge on any atom is -0.468 e. The van der Waals surface area contributed by atoms with Crippen molar-refractivity contribution < 1.29 is 23.9 Å². The molecule has 0 aromatic heterocycles. The van der Waals surface area contributed by atoms with Gasteiger partial charge in [-0.2, -0.15) is 0 Å². The molecule has 0 aliphatic heterocycles. The van der Waals surface area contributed by atoms with E-state index < -0.39 is 11.9 Å². The van der Waals surface area contributed by atoms with E-state index in [1.165, 1.54) is 19.1 Å². The molecule has 0 bridgehead atoms. The van der Waals surface area contributed by atoms with E-state index in [0.29, 0.717) is 0 Å². The molecule has 0 N–H and O–H groups in total. The summed E-state index contributed by atoms with van der Waals surface area (Å²) in [6.07, 6.45) is 3.23. The van der Waals surface area contributed by atoms with E-state index in [9.17, 15) is 14.4 Å². The number of rotatable bonds is 9. The number of esters is 2. The molecule has 6 nitrogen and oxygen atoms in total. The Morgan fingerprint density at radius 3 is 1.60 bits per heavy atom. The molecule has 0 fully saturated rings. The number of amides is 1. The van der Waals surface area contributed by atoms with Crippen molar-refractivity contribution >= 4 is 17.8 Å². The van der Waals surface area contributed by atoms with Crippen LogP contribution in [0.3, 0.4) is 0 Å². The first kappa shape index (κ1) is 18.4. The minimum atomic E-state index is -0.547. The topological polar surface area (TPSA) is 72.9 Å². The van der Waals surface area contributed by atoms with Gasteiger partial charge in [-0.3, -0.25) is 14.4 Å². The second-order valence-corrected chi connectivity index (χ2v) is 4.62. The SMILES string of the molecule is CCCC(CCC)C(=O)N(CC(=O)OC)CC(=O)OC. The van der Waals surface area contributed by atoms with Gasteiger partial charge in [0.15, 0.2) is 0 Å². The summed E-state index contributed by atoms with van der Waals surface area (Å²) in [5, 5.41) is 0. The van der Waals surface area contributed by atoms with Crippen molar-refractivity contribution in [3.05, 3.63) is 0 Å². The third-order valence-electron chi connectivity index (χ3n) is 3.03. The van der Waals surface area contributed by atoms with Crippen LogP contribution in [0.1, 0.15) is 39.5 Å². The second-order valence-electron chi connectivity index (χ2n) is 4.62. The predicted molar refractivity (Wildman–Crippen MR) is 73.9 cm³/mol. The smallest absolute Gasteiger partial charge is 0.325 e. The van der Waals surface area contributed by atoms with Crippen LogP contribution in [-0.4, -0.2) is 50.1 Å². The van der Waals surface area contributed by atoms with Crippen LogP contribution < -0.4 is 0 Å². The zero-order valence-electron chi connectivity index (χ0n) is 12.8. The summed E-state index contributed by atoms with van der Waals surface area (Å²) in [7, 11) is 2.50. The van der Waals surface area contributed by atoms with Gasteiger partial charge in [0.25, 0.3) is 0 Å². The van der Waals surface area contributed by atoms with Crippen LogP contribution in [0.15, 0.2) is 0 Å². The van der Waals surface area contributed by atoms with Gasteiger partial charge in [0, 0.05) is 5.92 Å². The fourth-order valence-electron chi connectivity index (χ4n) is 2.00. The molecule has 0 rings (SSSR count). The van der Waals surface area contributed by atoms with Crippen molar-refractivity contribution in [3.8, 4) is 0 Å². The lowest BCUT2D eigenvalue weighted by Crippen LogP contribution is -2.43. The van der Waals surface area contributed by atoms with E-state index >= 15 is 0 Å². The number of ether oxygens (including phenoxy) is 2. The van der Waals surface area contributed by atoms with Gasteiger partial charge in [-0.15, -0.1) is 0 Å². The van der Waals surface area contributed by atoms with Gasteiger partial charge in [0.05, 0.1) is 14.2 Å². The Bertz CT molecular complexity index is 306. The highest BCUT2D eigenvalue weighted by molar-refractivity contribution is 5.87. The molecule has 116 valence electrons. The summed E-state index contributed by atoms with van der Waals surface area (Å²) in [6.45, 7) is 3.55. The van der Waals surface area contributed by atoms with Crippen molar-refractivity contribution in [1.29, 1.82) is 0 Å². The van der Waals surface area contributed by atoms with Gasteiger partial charge in [-0.25, -0.2) is 0 Å². The summed E-state index contributed by atoms with van der Waals surface area (Å²) < 4.78 is 9.12. The van der Waals surface area contributed by atoms with Crippen LogP contribution in [0.2, 0.25) is 0 Å². The fraction of sp³-hybridized carbons (Fsp3) is 0.786. The minimum absolute atomic E-state index is 0.167. The lowest BCUT2D eigenvalue weighted by atomic mass is 9.96. The zero-order valence-corrected chi connectivity index (χ0v) is 12.8. The third-order valence-corrected chi connectivity index (χ3v) is 3.03. The number of hydrogen-bond acceptors (Lipinski definition) is 5. The van der Waals surface area contributed by atoms with Crippen molar-refractivity contribution in [2.75, 3.05) is 27.3 Å². The highest BCUT2D eigenvalue weighted by Gasteiger charge is 2.26. The number of methoxy groups -OCH3 is 2. The molecule has 0 aromatic carbocycles. The van der Waals surface area contributed by atoms with Crippen LogP contribution >= 0.6 is 0 Å². The Kier molecular flexibility index (Phi) is 9.41. The Morgan fingerprint density at radius 2 is 1.30 bits per heavy atom. The lowest BCUT2D eigenvalue weighted by Gasteiger charge is -2.25. The molecule has 0 spiro atoms. The van der Waals surface area contributed by atoms with E-state index in [-0.39, 0.29) is 24.9 Å². The predicted octanol–water partition coefficient (Wildman–Crippen LogP) is 1.38. The molecule has 0 radical (unpaired) electrons. The maximum absolute atomic E-state index is 12.4. The fourth-order valence-corrected chi connectivity index (χ4v) is 2.00. The molecule has 0 aliphatic rings. The number of carbonyl (C=O) groups excluding carboxylic acids is 3. The molecule has 0 unspecified atom stereocenters. The normalized spacial score (nSPS) is 10.2. The Balaban J connectivity index is 4.90. The maximum Gasteiger partial charge on any atom is 0.325 e. The number of carbonyl (C=O) groups is 3. The Labute approximate surface area is 120 Å². The Hall–Kier alpha value is -1.59. The van der Waals surface area contributed by atoms with Crippen molar-refractivity contribution in [3.63, 3.8) is 0 Å². The van der Waals surface area contributed by atoms with Crippen LogP contribution in [0, 0.1) is 5.92 Å². The van der Waals surface area contributed by atoms with Crippen LogP contribution in [0.25, 0.3) is 0 Å². The first-order chi connectivity index (χ1) is 9.49. The molecule has 0 heterocycles. The molecule has 0 saturated carbocycles.